The van der Waals surface area contributed by atoms with E-state index < -0.39 is 0 Å². The Hall–Kier alpha value is -1.04. The smallest absolute Gasteiger partial charge is 0.157 e. The molecule has 2 aromatic heterocycles. The van der Waals surface area contributed by atoms with Gasteiger partial charge in [0.15, 0.2) is 5.65 Å². The van der Waals surface area contributed by atoms with E-state index in [-0.39, 0.29) is 24.8 Å². The van der Waals surface area contributed by atoms with Crippen molar-refractivity contribution < 1.29 is 0 Å². The lowest BCUT2D eigenvalue weighted by molar-refractivity contribution is 0.684. The van der Waals surface area contributed by atoms with Crippen LogP contribution in [-0.4, -0.2) is 26.7 Å². The van der Waals surface area contributed by atoms with Gasteiger partial charge in [-0.3, -0.25) is 0 Å². The van der Waals surface area contributed by atoms with Crippen LogP contribution < -0.4 is 11.1 Å². The van der Waals surface area contributed by atoms with E-state index in [1.165, 1.54) is 0 Å². The first kappa shape index (κ1) is 16.0. The van der Waals surface area contributed by atoms with Crippen LogP contribution in [0.4, 0.5) is 5.82 Å². The number of fused-ring (bicyclic) bond motifs is 1. The van der Waals surface area contributed by atoms with E-state index in [4.69, 9.17) is 5.73 Å². The normalized spacial score (nSPS) is 21.8. The summed E-state index contributed by atoms with van der Waals surface area (Å²) >= 11 is 0. The number of nitrogens with two attached hydrogens (primary N) is 1. The molecule has 0 saturated heterocycles. The minimum atomic E-state index is 0. The van der Waals surface area contributed by atoms with Crippen molar-refractivity contribution in [3.05, 3.63) is 24.0 Å². The van der Waals surface area contributed by atoms with Gasteiger partial charge >= 0.3 is 0 Å². The zero-order valence-corrected chi connectivity index (χ0v) is 12.4. The third kappa shape index (κ3) is 3.29. The molecule has 0 bridgehead atoms. The van der Waals surface area contributed by atoms with Crippen molar-refractivity contribution in [2.45, 2.75) is 38.3 Å². The van der Waals surface area contributed by atoms with Gasteiger partial charge in [-0.2, -0.15) is 9.61 Å². The Morgan fingerprint density at radius 1 is 1.37 bits per heavy atom. The Bertz CT molecular complexity index is 542. The second-order valence-corrected chi connectivity index (χ2v) is 4.80. The van der Waals surface area contributed by atoms with Gasteiger partial charge in [0, 0.05) is 29.9 Å². The number of aromatic nitrogens is 3. The van der Waals surface area contributed by atoms with Gasteiger partial charge in [0.2, 0.25) is 0 Å². The average Bonchev–Trinajstić information content (AvgIpc) is 2.87. The minimum Gasteiger partial charge on any atom is -0.367 e. The van der Waals surface area contributed by atoms with Gasteiger partial charge < -0.3 is 11.1 Å². The fourth-order valence-corrected chi connectivity index (χ4v) is 2.50. The quantitative estimate of drug-likeness (QED) is 0.892. The summed E-state index contributed by atoms with van der Waals surface area (Å²) in [5, 5.41) is 7.80. The Labute approximate surface area is 124 Å². The molecule has 2 heterocycles. The zero-order chi connectivity index (χ0) is 11.8. The highest BCUT2D eigenvalue weighted by molar-refractivity contribution is 5.85. The number of hydrogen-bond donors (Lipinski definition) is 2. The standard InChI is InChI=1S/C12H17N5.2ClH/c1-8-6-12(16-10-3-2-9(13)7-10)17-11(15-8)4-5-14-17;;/h4-6,9-10,16H,2-3,7,13H2,1H3;2*1H/t9-,10+;;/m0../s1. The SMILES string of the molecule is Cc1cc(N[C@@H]2CC[C@H](N)C2)n2nccc2n1.Cl.Cl. The zero-order valence-electron chi connectivity index (χ0n) is 10.7. The van der Waals surface area contributed by atoms with Crippen molar-refractivity contribution in [1.29, 1.82) is 0 Å². The number of nitrogens with zero attached hydrogens (tertiary/aromatic N) is 3. The minimum absolute atomic E-state index is 0. The maximum atomic E-state index is 5.93. The summed E-state index contributed by atoms with van der Waals surface area (Å²) in [4.78, 5) is 4.42. The van der Waals surface area contributed by atoms with Gasteiger partial charge in [0.05, 0.1) is 6.20 Å². The molecule has 0 radical (unpaired) electrons. The summed E-state index contributed by atoms with van der Waals surface area (Å²) in [6.45, 7) is 2.00. The molecule has 1 fully saturated rings. The van der Waals surface area contributed by atoms with Crippen molar-refractivity contribution in [3.63, 3.8) is 0 Å². The van der Waals surface area contributed by atoms with Crippen molar-refractivity contribution in [2.24, 2.45) is 5.73 Å². The fraction of sp³-hybridized carbons (Fsp3) is 0.500. The van der Waals surface area contributed by atoms with Crippen LogP contribution in [0.15, 0.2) is 18.3 Å². The fourth-order valence-electron chi connectivity index (χ4n) is 2.50. The van der Waals surface area contributed by atoms with E-state index >= 15 is 0 Å². The van der Waals surface area contributed by atoms with Crippen LogP contribution in [0.2, 0.25) is 0 Å². The summed E-state index contributed by atoms with van der Waals surface area (Å²) in [7, 11) is 0. The Balaban J connectivity index is 0.000000902. The largest absolute Gasteiger partial charge is 0.367 e. The molecule has 1 aliphatic carbocycles. The molecule has 0 aromatic carbocycles. The van der Waals surface area contributed by atoms with Crippen molar-refractivity contribution in [3.8, 4) is 0 Å². The molecule has 2 atom stereocenters. The molecule has 106 valence electrons. The predicted octanol–water partition coefficient (Wildman–Crippen LogP) is 2.17. The van der Waals surface area contributed by atoms with Crippen LogP contribution in [0, 0.1) is 6.92 Å². The summed E-state index contributed by atoms with van der Waals surface area (Å²) < 4.78 is 1.84. The van der Waals surface area contributed by atoms with E-state index in [1.807, 2.05) is 23.6 Å². The van der Waals surface area contributed by atoms with E-state index in [0.717, 1.165) is 36.4 Å². The molecule has 0 aliphatic heterocycles. The highest BCUT2D eigenvalue weighted by atomic mass is 35.5. The number of hydrogen-bond acceptors (Lipinski definition) is 4. The molecule has 0 spiro atoms. The molecule has 3 rings (SSSR count). The Morgan fingerprint density at radius 3 is 2.84 bits per heavy atom. The second kappa shape index (κ2) is 6.41. The molecule has 19 heavy (non-hydrogen) atoms. The lowest BCUT2D eigenvalue weighted by atomic mass is 10.2. The number of halogens is 2. The van der Waals surface area contributed by atoms with Crippen molar-refractivity contribution in [2.75, 3.05) is 5.32 Å². The monoisotopic (exact) mass is 303 g/mol. The highest BCUT2D eigenvalue weighted by Crippen LogP contribution is 2.22. The molecular weight excluding hydrogens is 285 g/mol. The van der Waals surface area contributed by atoms with Gasteiger partial charge in [-0.25, -0.2) is 4.98 Å². The van der Waals surface area contributed by atoms with Crippen molar-refractivity contribution in [1.82, 2.24) is 14.6 Å². The van der Waals surface area contributed by atoms with Crippen LogP contribution in [0.5, 0.6) is 0 Å². The van der Waals surface area contributed by atoms with Gasteiger partial charge in [0.25, 0.3) is 0 Å². The van der Waals surface area contributed by atoms with Crippen LogP contribution in [0.1, 0.15) is 25.0 Å². The lowest BCUT2D eigenvalue weighted by Gasteiger charge is -2.15. The van der Waals surface area contributed by atoms with E-state index in [1.54, 1.807) is 6.20 Å². The van der Waals surface area contributed by atoms with E-state index in [0.29, 0.717) is 12.1 Å². The second-order valence-electron chi connectivity index (χ2n) is 4.80. The highest BCUT2D eigenvalue weighted by Gasteiger charge is 2.22. The van der Waals surface area contributed by atoms with E-state index in [9.17, 15) is 0 Å². The molecule has 0 unspecified atom stereocenters. The van der Waals surface area contributed by atoms with Crippen LogP contribution in [0.3, 0.4) is 0 Å². The summed E-state index contributed by atoms with van der Waals surface area (Å²) in [6, 6.07) is 4.74. The summed E-state index contributed by atoms with van der Waals surface area (Å²) in [6.07, 6.45) is 5.03. The molecule has 5 nitrogen and oxygen atoms in total. The first-order valence-corrected chi connectivity index (χ1v) is 6.06. The molecule has 0 amide bonds. The predicted molar refractivity (Wildman–Crippen MR) is 81.5 cm³/mol. The maximum Gasteiger partial charge on any atom is 0.157 e. The van der Waals surface area contributed by atoms with Crippen LogP contribution in [0.25, 0.3) is 5.65 Å². The molecule has 1 saturated carbocycles. The summed E-state index contributed by atoms with van der Waals surface area (Å²) in [5.74, 6) is 1.01. The number of rotatable bonds is 2. The van der Waals surface area contributed by atoms with Gasteiger partial charge in [0.1, 0.15) is 5.82 Å². The number of aryl methyl sites for hydroxylation is 1. The lowest BCUT2D eigenvalue weighted by Crippen LogP contribution is -2.22. The number of anilines is 1. The topological polar surface area (TPSA) is 68.2 Å². The Kier molecular flexibility index (Phi) is 5.40. The molecular formula is C12H19Cl2N5. The van der Waals surface area contributed by atoms with Gasteiger partial charge in [-0.15, -0.1) is 24.8 Å². The van der Waals surface area contributed by atoms with Crippen LogP contribution in [-0.2, 0) is 0 Å². The van der Waals surface area contributed by atoms with Crippen molar-refractivity contribution >= 4 is 36.3 Å². The molecule has 2 aromatic rings. The third-order valence-corrected chi connectivity index (χ3v) is 3.31. The van der Waals surface area contributed by atoms with E-state index in [2.05, 4.69) is 15.4 Å². The summed E-state index contributed by atoms with van der Waals surface area (Å²) in [5.41, 5.74) is 7.81. The molecule has 3 N–H and O–H groups in total. The first-order chi connectivity index (χ1) is 8.22. The number of nitrogens with one attached hydrogen (secondary N) is 1. The van der Waals surface area contributed by atoms with Crippen LogP contribution >= 0.6 is 24.8 Å². The molecule has 1 aliphatic rings. The Morgan fingerprint density at radius 2 is 2.16 bits per heavy atom. The molecule has 7 heteroatoms. The van der Waals surface area contributed by atoms with Gasteiger partial charge in [-0.1, -0.05) is 0 Å². The third-order valence-electron chi connectivity index (χ3n) is 3.31. The average molecular weight is 304 g/mol. The maximum absolute atomic E-state index is 5.93. The van der Waals surface area contributed by atoms with Gasteiger partial charge in [-0.05, 0) is 26.2 Å². The first-order valence-electron chi connectivity index (χ1n) is 6.06.